The van der Waals surface area contributed by atoms with E-state index in [0.29, 0.717) is 18.7 Å². The Morgan fingerprint density at radius 1 is 1.36 bits per heavy atom. The predicted octanol–water partition coefficient (Wildman–Crippen LogP) is 3.24. The van der Waals surface area contributed by atoms with Gasteiger partial charge in [-0.1, -0.05) is 34.1 Å². The van der Waals surface area contributed by atoms with Gasteiger partial charge in [0.15, 0.2) is 5.78 Å². The lowest BCUT2D eigenvalue weighted by Crippen LogP contribution is -2.41. The summed E-state index contributed by atoms with van der Waals surface area (Å²) in [6.45, 7) is 8.19. The average molecular weight is 309 g/mol. The van der Waals surface area contributed by atoms with Gasteiger partial charge in [-0.15, -0.1) is 0 Å². The standard InChI is InChI=1S/C17H27NO4/c1-6-8-11(18-9-7-2)13-12(19)10-17(3,4)14(15(13)20)16(21)22-5/h14,20H,6-10H2,1-5H3/t14-/m1/s1. The monoisotopic (exact) mass is 309 g/mol. The van der Waals surface area contributed by atoms with Gasteiger partial charge in [-0.3, -0.25) is 14.6 Å². The van der Waals surface area contributed by atoms with Crippen molar-refractivity contribution >= 4 is 17.5 Å². The molecule has 0 fully saturated rings. The minimum Gasteiger partial charge on any atom is -0.511 e. The summed E-state index contributed by atoms with van der Waals surface area (Å²) in [5, 5.41) is 10.6. The molecule has 1 aliphatic rings. The van der Waals surface area contributed by atoms with Crippen molar-refractivity contribution in [2.45, 2.75) is 53.4 Å². The number of nitrogens with zero attached hydrogens (tertiary/aromatic N) is 1. The van der Waals surface area contributed by atoms with Crippen LogP contribution in [-0.4, -0.2) is 36.2 Å². The second-order valence-corrected chi connectivity index (χ2v) is 6.38. The van der Waals surface area contributed by atoms with Gasteiger partial charge in [-0.2, -0.15) is 0 Å². The highest BCUT2D eigenvalue weighted by Crippen LogP contribution is 2.42. The lowest BCUT2D eigenvalue weighted by atomic mass is 9.67. The maximum absolute atomic E-state index is 12.5. The van der Waals surface area contributed by atoms with Crippen molar-refractivity contribution in [3.63, 3.8) is 0 Å². The fourth-order valence-corrected chi connectivity index (χ4v) is 2.89. The zero-order valence-electron chi connectivity index (χ0n) is 14.2. The minimum absolute atomic E-state index is 0.147. The molecule has 0 heterocycles. The molecular weight excluding hydrogens is 282 g/mol. The molecule has 0 unspecified atom stereocenters. The summed E-state index contributed by atoms with van der Waals surface area (Å²) in [7, 11) is 1.29. The fourth-order valence-electron chi connectivity index (χ4n) is 2.89. The van der Waals surface area contributed by atoms with E-state index in [1.807, 2.05) is 13.8 Å². The molecule has 0 aliphatic heterocycles. The first kappa shape index (κ1) is 18.4. The normalized spacial score (nSPS) is 22.0. The van der Waals surface area contributed by atoms with Crippen LogP contribution in [-0.2, 0) is 14.3 Å². The molecule has 22 heavy (non-hydrogen) atoms. The smallest absolute Gasteiger partial charge is 0.316 e. The number of aliphatic hydroxyl groups is 1. The SMILES string of the molecule is CCCN=C(CCC)C1=C(O)[C@H](C(=O)OC)C(C)(C)CC1=O. The minimum atomic E-state index is -0.825. The van der Waals surface area contributed by atoms with E-state index >= 15 is 0 Å². The van der Waals surface area contributed by atoms with Crippen molar-refractivity contribution in [1.82, 2.24) is 0 Å². The van der Waals surface area contributed by atoms with Crippen molar-refractivity contribution in [2.24, 2.45) is 16.3 Å². The number of Topliss-reactive ketones (excluding diaryl/α,β-unsaturated/α-hetero) is 1. The van der Waals surface area contributed by atoms with Crippen molar-refractivity contribution in [3.05, 3.63) is 11.3 Å². The van der Waals surface area contributed by atoms with Crippen LogP contribution in [0.15, 0.2) is 16.3 Å². The number of hydrogen-bond donors (Lipinski definition) is 1. The van der Waals surface area contributed by atoms with E-state index in [4.69, 9.17) is 4.74 Å². The summed E-state index contributed by atoms with van der Waals surface area (Å²) in [6.07, 6.45) is 2.49. The number of ketones is 1. The number of methoxy groups -OCH3 is 1. The molecule has 0 amide bonds. The van der Waals surface area contributed by atoms with Gasteiger partial charge in [0.05, 0.1) is 12.7 Å². The van der Waals surface area contributed by atoms with E-state index in [2.05, 4.69) is 4.99 Å². The molecule has 1 aliphatic carbocycles. The van der Waals surface area contributed by atoms with Crippen LogP contribution in [0.2, 0.25) is 0 Å². The first-order valence-electron chi connectivity index (χ1n) is 7.87. The van der Waals surface area contributed by atoms with Crippen molar-refractivity contribution in [3.8, 4) is 0 Å². The van der Waals surface area contributed by atoms with Crippen LogP contribution in [0.5, 0.6) is 0 Å². The number of aliphatic imine (C=N–C) groups is 1. The number of ether oxygens (including phenoxy) is 1. The first-order valence-corrected chi connectivity index (χ1v) is 7.87. The molecule has 124 valence electrons. The van der Waals surface area contributed by atoms with Gasteiger partial charge in [0, 0.05) is 18.7 Å². The van der Waals surface area contributed by atoms with Crippen molar-refractivity contribution in [2.75, 3.05) is 13.7 Å². The molecule has 1 atom stereocenters. The van der Waals surface area contributed by atoms with E-state index in [0.717, 1.165) is 12.8 Å². The van der Waals surface area contributed by atoms with Crippen molar-refractivity contribution < 1.29 is 19.4 Å². The maximum Gasteiger partial charge on any atom is 0.316 e. The third kappa shape index (κ3) is 3.76. The van der Waals surface area contributed by atoms with Crippen LogP contribution >= 0.6 is 0 Å². The van der Waals surface area contributed by atoms with Gasteiger partial charge in [0.2, 0.25) is 0 Å². The quantitative estimate of drug-likeness (QED) is 0.603. The molecule has 5 heteroatoms. The van der Waals surface area contributed by atoms with E-state index in [9.17, 15) is 14.7 Å². The number of carbonyl (C=O) groups is 2. The third-order valence-electron chi connectivity index (χ3n) is 3.94. The zero-order chi connectivity index (χ0) is 16.9. The highest BCUT2D eigenvalue weighted by atomic mass is 16.5. The van der Waals surface area contributed by atoms with Gasteiger partial charge in [0.25, 0.3) is 0 Å². The topological polar surface area (TPSA) is 76.0 Å². The number of hydrogen-bond acceptors (Lipinski definition) is 5. The summed E-state index contributed by atoms with van der Waals surface area (Å²) in [6, 6.07) is 0. The largest absolute Gasteiger partial charge is 0.511 e. The second kappa shape index (κ2) is 7.56. The number of allylic oxidation sites excluding steroid dienone is 1. The summed E-state index contributed by atoms with van der Waals surface area (Å²) in [4.78, 5) is 29.0. The molecule has 5 nitrogen and oxygen atoms in total. The molecule has 1 rings (SSSR count). The van der Waals surface area contributed by atoms with Gasteiger partial charge >= 0.3 is 5.97 Å². The number of aliphatic hydroxyl groups excluding tert-OH is 1. The molecule has 0 saturated carbocycles. The second-order valence-electron chi connectivity index (χ2n) is 6.38. The lowest BCUT2D eigenvalue weighted by Gasteiger charge is -2.36. The van der Waals surface area contributed by atoms with Crippen LogP contribution < -0.4 is 0 Å². The maximum atomic E-state index is 12.5. The zero-order valence-corrected chi connectivity index (χ0v) is 14.2. The van der Waals surface area contributed by atoms with E-state index < -0.39 is 17.3 Å². The molecule has 0 radical (unpaired) electrons. The number of carbonyl (C=O) groups excluding carboxylic acids is 2. The highest BCUT2D eigenvalue weighted by molar-refractivity contribution is 6.23. The van der Waals surface area contributed by atoms with E-state index in [1.54, 1.807) is 13.8 Å². The summed E-state index contributed by atoms with van der Waals surface area (Å²) in [5.41, 5.74) is 0.168. The van der Waals surface area contributed by atoms with Crippen LogP contribution in [0.3, 0.4) is 0 Å². The molecule has 0 bridgehead atoms. The summed E-state index contributed by atoms with van der Waals surface area (Å²) in [5.74, 6) is -1.67. The average Bonchev–Trinajstić information content (AvgIpc) is 2.42. The predicted molar refractivity (Wildman–Crippen MR) is 86.1 cm³/mol. The van der Waals surface area contributed by atoms with Gasteiger partial charge in [-0.25, -0.2) is 0 Å². The van der Waals surface area contributed by atoms with Gasteiger partial charge in [-0.05, 0) is 18.3 Å². The Bertz CT molecular complexity index is 503. The molecule has 0 aromatic carbocycles. The fraction of sp³-hybridized carbons (Fsp3) is 0.706. The highest BCUT2D eigenvalue weighted by Gasteiger charge is 2.47. The number of rotatable bonds is 6. The molecule has 0 aromatic rings. The molecule has 1 N–H and O–H groups in total. The van der Waals surface area contributed by atoms with Crippen LogP contribution in [0.1, 0.15) is 53.4 Å². The Balaban J connectivity index is 3.40. The molecule has 0 aromatic heterocycles. The molecule has 0 saturated heterocycles. The van der Waals surface area contributed by atoms with E-state index in [1.165, 1.54) is 7.11 Å². The Labute approximate surface area is 132 Å². The number of esters is 1. The van der Waals surface area contributed by atoms with E-state index in [-0.39, 0.29) is 23.5 Å². The van der Waals surface area contributed by atoms with Crippen LogP contribution in [0, 0.1) is 11.3 Å². The molecular formula is C17H27NO4. The Hall–Kier alpha value is -1.65. The van der Waals surface area contributed by atoms with Gasteiger partial charge < -0.3 is 9.84 Å². The van der Waals surface area contributed by atoms with Crippen LogP contribution in [0.25, 0.3) is 0 Å². The summed E-state index contributed by atoms with van der Waals surface area (Å²) >= 11 is 0. The lowest BCUT2D eigenvalue weighted by molar-refractivity contribution is -0.150. The molecule has 0 spiro atoms. The van der Waals surface area contributed by atoms with Crippen LogP contribution in [0.4, 0.5) is 0 Å². The third-order valence-corrected chi connectivity index (χ3v) is 3.94. The Kier molecular flexibility index (Phi) is 6.33. The first-order chi connectivity index (χ1) is 10.3. The Morgan fingerprint density at radius 3 is 2.50 bits per heavy atom. The van der Waals surface area contributed by atoms with Gasteiger partial charge in [0.1, 0.15) is 11.7 Å². The Morgan fingerprint density at radius 2 is 2.00 bits per heavy atom. The van der Waals surface area contributed by atoms with Crippen molar-refractivity contribution in [1.29, 1.82) is 0 Å². The summed E-state index contributed by atoms with van der Waals surface area (Å²) < 4.78 is 4.82.